The van der Waals surface area contributed by atoms with E-state index in [0.717, 1.165) is 12.0 Å². The van der Waals surface area contributed by atoms with E-state index in [1.165, 1.54) is 17.7 Å². The van der Waals surface area contributed by atoms with Gasteiger partial charge in [0.25, 0.3) is 0 Å². The summed E-state index contributed by atoms with van der Waals surface area (Å²) in [6, 6.07) is 16.8. The maximum Gasteiger partial charge on any atom is 0.123 e. The molecular formula is C13H11F. The maximum atomic E-state index is 12.6. The molecule has 0 saturated heterocycles. The van der Waals surface area contributed by atoms with Crippen LogP contribution in [0.2, 0.25) is 0 Å². The van der Waals surface area contributed by atoms with Gasteiger partial charge in [-0.3, -0.25) is 0 Å². The fraction of sp³-hybridized carbons (Fsp3) is 0.0769. The Balaban J connectivity index is 2.16. The summed E-state index contributed by atoms with van der Waals surface area (Å²) >= 11 is 0. The fourth-order valence-electron chi connectivity index (χ4n) is 1.43. The zero-order chi connectivity index (χ0) is 9.80. The summed E-state index contributed by atoms with van der Waals surface area (Å²) in [6.07, 6.45) is 0.862. The quantitative estimate of drug-likeness (QED) is 0.672. The molecule has 0 saturated carbocycles. The SMILES string of the molecule is [18F]c1ccc(Cc2ccccc2)cc1. The van der Waals surface area contributed by atoms with Crippen molar-refractivity contribution in [2.45, 2.75) is 6.42 Å². The van der Waals surface area contributed by atoms with Gasteiger partial charge in [0.1, 0.15) is 5.82 Å². The molecule has 2 rings (SSSR count). The van der Waals surface area contributed by atoms with Crippen molar-refractivity contribution in [3.63, 3.8) is 0 Å². The van der Waals surface area contributed by atoms with Gasteiger partial charge < -0.3 is 0 Å². The van der Waals surface area contributed by atoms with Gasteiger partial charge >= 0.3 is 0 Å². The van der Waals surface area contributed by atoms with Gasteiger partial charge in [0.2, 0.25) is 0 Å². The van der Waals surface area contributed by atoms with E-state index in [1.807, 2.05) is 30.3 Å². The monoisotopic (exact) mass is 185 g/mol. The third kappa shape index (κ3) is 2.19. The molecule has 0 aromatic heterocycles. The van der Waals surface area contributed by atoms with E-state index in [9.17, 15) is 4.39 Å². The average Bonchev–Trinajstić information content (AvgIpc) is 2.23. The molecule has 0 nitrogen and oxygen atoms in total. The van der Waals surface area contributed by atoms with E-state index >= 15 is 0 Å². The third-order valence-electron chi connectivity index (χ3n) is 2.16. The minimum absolute atomic E-state index is 0.179. The van der Waals surface area contributed by atoms with Crippen molar-refractivity contribution in [1.82, 2.24) is 0 Å². The highest BCUT2D eigenvalue weighted by molar-refractivity contribution is 5.25. The summed E-state index contributed by atoms with van der Waals surface area (Å²) in [5.41, 5.74) is 2.39. The topological polar surface area (TPSA) is 0 Å². The van der Waals surface area contributed by atoms with Crippen LogP contribution in [0.25, 0.3) is 0 Å². The smallest absolute Gasteiger partial charge is 0.123 e. The highest BCUT2D eigenvalue weighted by Gasteiger charge is 1.95. The summed E-state index contributed by atoms with van der Waals surface area (Å²) in [6.45, 7) is 0. The largest absolute Gasteiger partial charge is 0.207 e. The lowest BCUT2D eigenvalue weighted by Crippen LogP contribution is -1.87. The molecule has 14 heavy (non-hydrogen) atoms. The molecule has 1 heteroatoms. The Morgan fingerprint density at radius 1 is 0.714 bits per heavy atom. The molecule has 0 atom stereocenters. The van der Waals surface area contributed by atoms with E-state index in [0.29, 0.717) is 0 Å². The van der Waals surface area contributed by atoms with Crippen LogP contribution in [0.4, 0.5) is 4.39 Å². The van der Waals surface area contributed by atoms with Gasteiger partial charge in [-0.2, -0.15) is 0 Å². The number of halogens is 1. The van der Waals surface area contributed by atoms with Crippen LogP contribution >= 0.6 is 0 Å². The Morgan fingerprint density at radius 2 is 1.29 bits per heavy atom. The van der Waals surface area contributed by atoms with Crippen LogP contribution in [-0.2, 0) is 6.42 Å². The van der Waals surface area contributed by atoms with Crippen molar-refractivity contribution in [3.05, 3.63) is 71.5 Å². The molecule has 0 fully saturated rings. The molecule has 0 unspecified atom stereocenters. The van der Waals surface area contributed by atoms with Gasteiger partial charge in [-0.05, 0) is 29.7 Å². The Kier molecular flexibility index (Phi) is 2.59. The van der Waals surface area contributed by atoms with Crippen molar-refractivity contribution in [2.24, 2.45) is 0 Å². The minimum atomic E-state index is -0.179. The van der Waals surface area contributed by atoms with E-state index in [-0.39, 0.29) is 5.82 Å². The molecular weight excluding hydrogens is 174 g/mol. The van der Waals surface area contributed by atoms with Crippen LogP contribution in [-0.4, -0.2) is 0 Å². The fourth-order valence-corrected chi connectivity index (χ4v) is 1.43. The van der Waals surface area contributed by atoms with Crippen LogP contribution in [0.1, 0.15) is 11.1 Å². The second kappa shape index (κ2) is 4.05. The molecule has 0 spiro atoms. The molecule has 0 aliphatic carbocycles. The van der Waals surface area contributed by atoms with Gasteiger partial charge in [0.05, 0.1) is 0 Å². The van der Waals surface area contributed by atoms with E-state index < -0.39 is 0 Å². The second-order valence-electron chi connectivity index (χ2n) is 3.29. The van der Waals surface area contributed by atoms with Crippen molar-refractivity contribution in [2.75, 3.05) is 0 Å². The molecule has 0 amide bonds. The predicted octanol–water partition coefficient (Wildman–Crippen LogP) is 3.42. The molecule has 2 aromatic carbocycles. The van der Waals surface area contributed by atoms with Gasteiger partial charge in [0.15, 0.2) is 0 Å². The van der Waals surface area contributed by atoms with Crippen LogP contribution in [0.3, 0.4) is 0 Å². The van der Waals surface area contributed by atoms with Gasteiger partial charge in [-0.25, -0.2) is 4.39 Å². The van der Waals surface area contributed by atoms with Crippen LogP contribution in [0.15, 0.2) is 54.6 Å². The molecule has 0 N–H and O–H groups in total. The maximum absolute atomic E-state index is 12.6. The lowest BCUT2D eigenvalue weighted by molar-refractivity contribution is 0.627. The van der Waals surface area contributed by atoms with Gasteiger partial charge in [-0.15, -0.1) is 0 Å². The van der Waals surface area contributed by atoms with Crippen molar-refractivity contribution >= 4 is 0 Å². The zero-order valence-corrected chi connectivity index (χ0v) is 7.78. The first-order chi connectivity index (χ1) is 6.84. The van der Waals surface area contributed by atoms with Crippen LogP contribution < -0.4 is 0 Å². The standard InChI is InChI=1S/C13H11F/c14-13-8-6-12(7-9-13)10-11-4-2-1-3-5-11/h1-9H,10H2/i14-1. The van der Waals surface area contributed by atoms with Gasteiger partial charge in [0, 0.05) is 0 Å². The number of hydrogen-bond acceptors (Lipinski definition) is 0. The minimum Gasteiger partial charge on any atom is -0.207 e. The molecule has 2 aromatic rings. The predicted molar refractivity (Wildman–Crippen MR) is 55.6 cm³/mol. The third-order valence-corrected chi connectivity index (χ3v) is 2.16. The molecule has 0 heterocycles. The normalized spacial score (nSPS) is 10.1. The van der Waals surface area contributed by atoms with Crippen molar-refractivity contribution in [1.29, 1.82) is 0 Å². The zero-order valence-electron chi connectivity index (χ0n) is 7.78. The molecule has 0 radical (unpaired) electrons. The summed E-state index contributed by atoms with van der Waals surface area (Å²) in [5.74, 6) is -0.179. The van der Waals surface area contributed by atoms with Crippen LogP contribution in [0, 0.1) is 5.82 Å². The summed E-state index contributed by atoms with van der Waals surface area (Å²) in [4.78, 5) is 0. The first-order valence-electron chi connectivity index (χ1n) is 4.63. The lowest BCUT2D eigenvalue weighted by atomic mass is 10.1. The summed E-state index contributed by atoms with van der Waals surface area (Å²) in [7, 11) is 0. The summed E-state index contributed by atoms with van der Waals surface area (Å²) < 4.78 is 12.6. The highest BCUT2D eigenvalue weighted by Crippen LogP contribution is 2.09. The molecule has 70 valence electrons. The Hall–Kier alpha value is -1.63. The van der Waals surface area contributed by atoms with Crippen molar-refractivity contribution in [3.8, 4) is 0 Å². The Bertz CT molecular complexity index is 389. The number of rotatable bonds is 2. The second-order valence-corrected chi connectivity index (χ2v) is 3.29. The van der Waals surface area contributed by atoms with Gasteiger partial charge in [-0.1, -0.05) is 42.5 Å². The van der Waals surface area contributed by atoms with E-state index in [4.69, 9.17) is 0 Å². The Labute approximate surface area is 83.0 Å². The lowest BCUT2D eigenvalue weighted by Gasteiger charge is -2.00. The van der Waals surface area contributed by atoms with E-state index in [1.54, 1.807) is 0 Å². The first-order valence-corrected chi connectivity index (χ1v) is 4.63. The number of hydrogen-bond donors (Lipinski definition) is 0. The molecule has 0 bridgehead atoms. The van der Waals surface area contributed by atoms with E-state index in [2.05, 4.69) is 12.1 Å². The molecule has 0 aliphatic rings. The number of benzene rings is 2. The highest BCUT2D eigenvalue weighted by atomic mass is 18.2. The average molecular weight is 185 g/mol. The first kappa shape index (κ1) is 8.95. The van der Waals surface area contributed by atoms with Crippen molar-refractivity contribution < 1.29 is 4.39 Å². The summed E-state index contributed by atoms with van der Waals surface area (Å²) in [5, 5.41) is 0. The molecule has 0 aliphatic heterocycles. The Morgan fingerprint density at radius 3 is 1.93 bits per heavy atom. The van der Waals surface area contributed by atoms with Crippen LogP contribution in [0.5, 0.6) is 0 Å².